The van der Waals surface area contributed by atoms with Gasteiger partial charge in [-0.05, 0) is 18.9 Å². The number of terminal acetylenes is 1. The lowest BCUT2D eigenvalue weighted by Crippen LogP contribution is -1.77. The standard InChI is InChI=1S/C12H20/c1-3-5-7-9-11-12-10-8-6-4-2/h1,5,7H,4,6,8-12H2,2H3/b7-5-. The molecule has 68 valence electrons. The van der Waals surface area contributed by atoms with Gasteiger partial charge in [-0.2, -0.15) is 0 Å². The molecular weight excluding hydrogens is 144 g/mol. The van der Waals surface area contributed by atoms with Crippen LogP contribution in [-0.4, -0.2) is 0 Å². The maximum Gasteiger partial charge on any atom is -0.0162 e. The molecule has 0 saturated heterocycles. The Labute approximate surface area is 77.1 Å². The summed E-state index contributed by atoms with van der Waals surface area (Å²) in [4.78, 5) is 0. The van der Waals surface area contributed by atoms with E-state index in [1.165, 1.54) is 38.5 Å². The van der Waals surface area contributed by atoms with E-state index in [1.54, 1.807) is 6.08 Å². The second-order valence-corrected chi connectivity index (χ2v) is 3.13. The first-order valence-corrected chi connectivity index (χ1v) is 5.03. The van der Waals surface area contributed by atoms with E-state index in [2.05, 4.69) is 18.9 Å². The summed E-state index contributed by atoms with van der Waals surface area (Å²) >= 11 is 0. The highest BCUT2D eigenvalue weighted by Gasteiger charge is 1.87. The molecule has 0 saturated carbocycles. The first kappa shape index (κ1) is 11.3. The number of hydrogen-bond acceptors (Lipinski definition) is 0. The first-order valence-electron chi connectivity index (χ1n) is 5.03. The number of rotatable bonds is 7. The van der Waals surface area contributed by atoms with Gasteiger partial charge in [-0.1, -0.05) is 51.0 Å². The molecule has 0 atom stereocenters. The lowest BCUT2D eigenvalue weighted by Gasteiger charge is -1.96. The van der Waals surface area contributed by atoms with E-state index in [4.69, 9.17) is 6.42 Å². The van der Waals surface area contributed by atoms with E-state index in [0.29, 0.717) is 0 Å². The molecule has 0 amide bonds. The highest BCUT2D eigenvalue weighted by atomic mass is 13.9. The number of allylic oxidation sites excluding steroid dienone is 2. The van der Waals surface area contributed by atoms with Crippen LogP contribution >= 0.6 is 0 Å². The summed E-state index contributed by atoms with van der Waals surface area (Å²) in [6, 6.07) is 0. The quantitative estimate of drug-likeness (QED) is 0.395. The van der Waals surface area contributed by atoms with Crippen molar-refractivity contribution in [2.45, 2.75) is 51.9 Å². The van der Waals surface area contributed by atoms with Crippen LogP contribution in [0.2, 0.25) is 0 Å². The Morgan fingerprint density at radius 2 is 1.75 bits per heavy atom. The van der Waals surface area contributed by atoms with Gasteiger partial charge in [0.05, 0.1) is 0 Å². The molecule has 12 heavy (non-hydrogen) atoms. The molecular formula is C12H20. The van der Waals surface area contributed by atoms with Crippen LogP contribution in [0.15, 0.2) is 12.2 Å². The topological polar surface area (TPSA) is 0 Å². The molecule has 0 aliphatic carbocycles. The summed E-state index contributed by atoms with van der Waals surface area (Å²) in [6.45, 7) is 2.25. The van der Waals surface area contributed by atoms with Gasteiger partial charge in [-0.15, -0.1) is 6.42 Å². The second-order valence-electron chi connectivity index (χ2n) is 3.13. The molecule has 0 aliphatic rings. The van der Waals surface area contributed by atoms with Gasteiger partial charge in [0.2, 0.25) is 0 Å². The summed E-state index contributed by atoms with van der Waals surface area (Å²) in [5.41, 5.74) is 0. The minimum atomic E-state index is 1.15. The Bertz CT molecular complexity index is 137. The van der Waals surface area contributed by atoms with Crippen molar-refractivity contribution in [3.8, 4) is 12.3 Å². The fraction of sp³-hybridized carbons (Fsp3) is 0.667. The maximum atomic E-state index is 5.07. The third-order valence-corrected chi connectivity index (χ3v) is 1.94. The van der Waals surface area contributed by atoms with Crippen molar-refractivity contribution < 1.29 is 0 Å². The largest absolute Gasteiger partial charge is 0.115 e. The van der Waals surface area contributed by atoms with Crippen LogP contribution in [0.25, 0.3) is 0 Å². The summed E-state index contributed by atoms with van der Waals surface area (Å²) in [5.74, 6) is 2.50. The molecule has 0 aromatic rings. The summed E-state index contributed by atoms with van der Waals surface area (Å²) < 4.78 is 0. The normalized spacial score (nSPS) is 10.3. The smallest absolute Gasteiger partial charge is 0.0162 e. The first-order chi connectivity index (χ1) is 5.91. The van der Waals surface area contributed by atoms with E-state index < -0.39 is 0 Å². The fourth-order valence-electron chi connectivity index (χ4n) is 1.19. The van der Waals surface area contributed by atoms with Crippen molar-refractivity contribution in [2.75, 3.05) is 0 Å². The zero-order valence-electron chi connectivity index (χ0n) is 8.18. The van der Waals surface area contributed by atoms with Gasteiger partial charge in [0.25, 0.3) is 0 Å². The second kappa shape index (κ2) is 10.3. The van der Waals surface area contributed by atoms with Gasteiger partial charge in [-0.3, -0.25) is 0 Å². The van der Waals surface area contributed by atoms with Gasteiger partial charge < -0.3 is 0 Å². The maximum absolute atomic E-state index is 5.07. The lowest BCUT2D eigenvalue weighted by atomic mass is 10.1. The molecule has 0 aromatic carbocycles. The highest BCUT2D eigenvalue weighted by molar-refractivity contribution is 5.08. The molecule has 0 aromatic heterocycles. The molecule has 0 radical (unpaired) electrons. The van der Waals surface area contributed by atoms with E-state index >= 15 is 0 Å². The number of unbranched alkanes of at least 4 members (excludes halogenated alkanes) is 6. The van der Waals surface area contributed by atoms with Crippen molar-refractivity contribution in [1.29, 1.82) is 0 Å². The van der Waals surface area contributed by atoms with Crippen molar-refractivity contribution >= 4 is 0 Å². The van der Waals surface area contributed by atoms with Gasteiger partial charge in [0.15, 0.2) is 0 Å². The van der Waals surface area contributed by atoms with Crippen LogP contribution in [0.4, 0.5) is 0 Å². The molecule has 0 heterocycles. The summed E-state index contributed by atoms with van der Waals surface area (Å²) in [7, 11) is 0. The molecule has 0 rings (SSSR count). The molecule has 0 nitrogen and oxygen atoms in total. The average Bonchev–Trinajstić information content (AvgIpc) is 2.10. The lowest BCUT2D eigenvalue weighted by molar-refractivity contribution is 0.611. The van der Waals surface area contributed by atoms with Crippen LogP contribution in [0, 0.1) is 12.3 Å². The van der Waals surface area contributed by atoms with E-state index in [0.717, 1.165) is 6.42 Å². The van der Waals surface area contributed by atoms with E-state index in [9.17, 15) is 0 Å². The SMILES string of the molecule is C#C/C=C\CCCCCCCC. The molecule has 0 fully saturated rings. The Hall–Kier alpha value is -0.700. The third kappa shape index (κ3) is 9.30. The molecule has 0 heteroatoms. The van der Waals surface area contributed by atoms with Gasteiger partial charge in [-0.25, -0.2) is 0 Å². The van der Waals surface area contributed by atoms with Crippen LogP contribution < -0.4 is 0 Å². The molecule has 0 aliphatic heterocycles. The predicted molar refractivity (Wildman–Crippen MR) is 56.0 cm³/mol. The van der Waals surface area contributed by atoms with Crippen molar-refractivity contribution in [2.24, 2.45) is 0 Å². The molecule has 0 N–H and O–H groups in total. The fourth-order valence-corrected chi connectivity index (χ4v) is 1.19. The Balaban J connectivity index is 2.92. The van der Waals surface area contributed by atoms with Crippen LogP contribution in [-0.2, 0) is 0 Å². The van der Waals surface area contributed by atoms with Gasteiger partial charge >= 0.3 is 0 Å². The zero-order valence-corrected chi connectivity index (χ0v) is 8.18. The third-order valence-electron chi connectivity index (χ3n) is 1.94. The number of hydrogen-bond donors (Lipinski definition) is 0. The Morgan fingerprint density at radius 3 is 2.42 bits per heavy atom. The van der Waals surface area contributed by atoms with Crippen LogP contribution in [0.3, 0.4) is 0 Å². The highest BCUT2D eigenvalue weighted by Crippen LogP contribution is 2.06. The van der Waals surface area contributed by atoms with Crippen molar-refractivity contribution in [3.63, 3.8) is 0 Å². The molecule has 0 unspecified atom stereocenters. The Morgan fingerprint density at radius 1 is 1.08 bits per heavy atom. The zero-order chi connectivity index (χ0) is 9.07. The average molecular weight is 164 g/mol. The van der Waals surface area contributed by atoms with Crippen LogP contribution in [0.1, 0.15) is 51.9 Å². The van der Waals surface area contributed by atoms with Gasteiger partial charge in [0.1, 0.15) is 0 Å². The minimum Gasteiger partial charge on any atom is -0.115 e. The van der Waals surface area contributed by atoms with Crippen molar-refractivity contribution in [3.05, 3.63) is 12.2 Å². The summed E-state index contributed by atoms with van der Waals surface area (Å²) in [5, 5.41) is 0. The van der Waals surface area contributed by atoms with Crippen LogP contribution in [0.5, 0.6) is 0 Å². The van der Waals surface area contributed by atoms with Gasteiger partial charge in [0, 0.05) is 0 Å². The van der Waals surface area contributed by atoms with E-state index in [-0.39, 0.29) is 0 Å². The molecule has 0 spiro atoms. The van der Waals surface area contributed by atoms with E-state index in [1.807, 2.05) is 0 Å². The van der Waals surface area contributed by atoms with Crippen molar-refractivity contribution in [1.82, 2.24) is 0 Å². The Kier molecular flexibility index (Phi) is 9.70. The summed E-state index contributed by atoms with van der Waals surface area (Å²) in [6.07, 6.45) is 18.3. The monoisotopic (exact) mass is 164 g/mol. The minimum absolute atomic E-state index is 1.15. The predicted octanol–water partition coefficient (Wildman–Crippen LogP) is 3.93. The molecule has 0 bridgehead atoms.